The van der Waals surface area contributed by atoms with Crippen LogP contribution in [-0.4, -0.2) is 34.9 Å². The molecule has 3 aromatic heterocycles. The van der Waals surface area contributed by atoms with E-state index < -0.39 is 11.9 Å². The molecule has 0 atom stereocenters. The monoisotopic (exact) mass is 531 g/mol. The van der Waals surface area contributed by atoms with Crippen molar-refractivity contribution in [2.45, 2.75) is 33.4 Å². The topological polar surface area (TPSA) is 121 Å². The molecule has 1 aliphatic rings. The number of esters is 1. The van der Waals surface area contributed by atoms with Crippen LogP contribution in [0.3, 0.4) is 0 Å². The third-order valence-electron chi connectivity index (χ3n) is 6.35. The Hall–Kier alpha value is -3.78. The zero-order valence-corrected chi connectivity index (χ0v) is 22.1. The Morgan fingerprint density at radius 3 is 2.76 bits per heavy atom. The SMILES string of the molecule is CCOC(=O)c1sc(NC(=O)c2sc3nc4c(cc3c2N)CN(Cc2ccccc2)CC4)c(C#N)c1C. The lowest BCUT2D eigenvalue weighted by Gasteiger charge is -2.28. The van der Waals surface area contributed by atoms with Crippen molar-refractivity contribution in [3.8, 4) is 6.07 Å². The summed E-state index contributed by atoms with van der Waals surface area (Å²) in [7, 11) is 0. The smallest absolute Gasteiger partial charge is 0.348 e. The quantitative estimate of drug-likeness (QED) is 0.332. The van der Waals surface area contributed by atoms with Crippen LogP contribution in [0.5, 0.6) is 0 Å². The number of pyridine rings is 1. The van der Waals surface area contributed by atoms with Gasteiger partial charge in [-0.05, 0) is 36.6 Å². The molecule has 0 unspecified atom stereocenters. The first kappa shape index (κ1) is 24.9. The van der Waals surface area contributed by atoms with Gasteiger partial charge in [-0.3, -0.25) is 9.69 Å². The number of aromatic nitrogens is 1. The zero-order valence-electron chi connectivity index (χ0n) is 20.5. The molecule has 1 amide bonds. The van der Waals surface area contributed by atoms with Gasteiger partial charge in [0.1, 0.15) is 25.7 Å². The van der Waals surface area contributed by atoms with Crippen molar-refractivity contribution in [1.29, 1.82) is 5.26 Å². The molecule has 8 nitrogen and oxygen atoms in total. The van der Waals surface area contributed by atoms with Gasteiger partial charge in [-0.25, -0.2) is 9.78 Å². The molecular weight excluding hydrogens is 506 g/mol. The minimum absolute atomic E-state index is 0.221. The Balaban J connectivity index is 1.40. The maximum Gasteiger partial charge on any atom is 0.348 e. The minimum atomic E-state index is -0.514. The number of nitrogen functional groups attached to an aromatic ring is 1. The Morgan fingerprint density at radius 1 is 1.24 bits per heavy atom. The number of benzene rings is 1. The van der Waals surface area contributed by atoms with Gasteiger partial charge in [-0.1, -0.05) is 30.3 Å². The average Bonchev–Trinajstić information content (AvgIpc) is 3.39. The number of hydrogen-bond donors (Lipinski definition) is 2. The van der Waals surface area contributed by atoms with Gasteiger partial charge in [0.15, 0.2) is 0 Å². The van der Waals surface area contributed by atoms with E-state index in [1.54, 1.807) is 13.8 Å². The molecule has 0 radical (unpaired) electrons. The number of fused-ring (bicyclic) bond motifs is 2. The first-order chi connectivity index (χ1) is 17.9. The first-order valence-electron chi connectivity index (χ1n) is 11.9. The van der Waals surface area contributed by atoms with Crippen molar-refractivity contribution in [3.63, 3.8) is 0 Å². The Bertz CT molecular complexity index is 1550. The predicted molar refractivity (Wildman–Crippen MR) is 146 cm³/mol. The minimum Gasteiger partial charge on any atom is -0.462 e. The molecule has 3 N–H and O–H groups in total. The van der Waals surface area contributed by atoms with Crippen LogP contribution < -0.4 is 11.1 Å². The third-order valence-corrected chi connectivity index (χ3v) is 8.65. The highest BCUT2D eigenvalue weighted by molar-refractivity contribution is 7.21. The highest BCUT2D eigenvalue weighted by atomic mass is 32.1. The van der Waals surface area contributed by atoms with E-state index in [0.717, 1.165) is 54.0 Å². The zero-order chi connectivity index (χ0) is 26.1. The fourth-order valence-corrected chi connectivity index (χ4v) is 6.53. The fourth-order valence-electron chi connectivity index (χ4n) is 4.49. The first-order valence-corrected chi connectivity index (χ1v) is 13.5. The summed E-state index contributed by atoms with van der Waals surface area (Å²) in [5.41, 5.74) is 10.9. The van der Waals surface area contributed by atoms with Gasteiger partial charge in [0.2, 0.25) is 0 Å². The number of carbonyl (C=O) groups is 2. The van der Waals surface area contributed by atoms with Gasteiger partial charge in [0.25, 0.3) is 5.91 Å². The molecule has 1 aromatic carbocycles. The lowest BCUT2D eigenvalue weighted by atomic mass is 10.0. The van der Waals surface area contributed by atoms with Crippen molar-refractivity contribution in [3.05, 3.63) is 74.1 Å². The Kier molecular flexibility index (Phi) is 6.93. The van der Waals surface area contributed by atoms with Crippen molar-refractivity contribution in [2.75, 3.05) is 24.2 Å². The molecule has 0 spiro atoms. The normalized spacial score (nSPS) is 13.2. The summed E-state index contributed by atoms with van der Waals surface area (Å²) in [5.74, 6) is -0.947. The van der Waals surface area contributed by atoms with Crippen molar-refractivity contribution < 1.29 is 14.3 Å². The Morgan fingerprint density at radius 2 is 2.03 bits per heavy atom. The van der Waals surface area contributed by atoms with Crippen LogP contribution in [0.25, 0.3) is 10.2 Å². The van der Waals surface area contributed by atoms with Crippen molar-refractivity contribution in [1.82, 2.24) is 9.88 Å². The number of rotatable bonds is 6. The van der Waals surface area contributed by atoms with Gasteiger partial charge < -0.3 is 15.8 Å². The summed E-state index contributed by atoms with van der Waals surface area (Å²) < 4.78 is 5.08. The van der Waals surface area contributed by atoms with E-state index in [2.05, 4.69) is 28.4 Å². The van der Waals surface area contributed by atoms with Crippen molar-refractivity contribution in [2.24, 2.45) is 0 Å². The standard InChI is InChI=1S/C27H25N5O3S2/c1-3-35-27(34)22-15(2)19(12-28)26(36-22)31-24(33)23-21(29)18-11-17-14-32(13-16-7-5-4-6-8-16)10-9-20(17)30-25(18)37-23/h4-8,11H,3,9-10,13-14,29H2,1-2H3,(H,31,33). The molecule has 0 saturated carbocycles. The molecule has 4 heterocycles. The van der Waals surface area contributed by atoms with Gasteiger partial charge in [0, 0.05) is 37.1 Å². The average molecular weight is 532 g/mol. The fraction of sp³-hybridized carbons (Fsp3) is 0.259. The number of thiophene rings is 2. The summed E-state index contributed by atoms with van der Waals surface area (Å²) in [6.45, 7) is 6.14. The molecule has 0 aliphatic carbocycles. The molecule has 10 heteroatoms. The molecule has 188 valence electrons. The number of nitriles is 1. The summed E-state index contributed by atoms with van der Waals surface area (Å²) in [6.07, 6.45) is 0.827. The molecular formula is C27H25N5O3S2. The maximum absolute atomic E-state index is 13.2. The molecule has 1 aliphatic heterocycles. The van der Waals surface area contributed by atoms with Crippen molar-refractivity contribution >= 4 is 55.5 Å². The largest absolute Gasteiger partial charge is 0.462 e. The lowest BCUT2D eigenvalue weighted by molar-refractivity contribution is 0.0531. The molecule has 0 fully saturated rings. The van der Waals surface area contributed by atoms with Crippen LogP contribution in [0.15, 0.2) is 36.4 Å². The second-order valence-corrected chi connectivity index (χ2v) is 10.8. The number of hydrogen-bond acceptors (Lipinski definition) is 9. The summed E-state index contributed by atoms with van der Waals surface area (Å²) in [6, 6.07) is 14.5. The number of anilines is 2. The number of carbonyl (C=O) groups excluding carboxylic acids is 2. The number of amides is 1. The molecule has 37 heavy (non-hydrogen) atoms. The van der Waals surface area contributed by atoms with E-state index in [0.29, 0.717) is 30.8 Å². The number of nitrogens with two attached hydrogens (primary N) is 1. The molecule has 0 saturated heterocycles. The van der Waals surface area contributed by atoms with Crippen LogP contribution in [0.2, 0.25) is 0 Å². The second-order valence-electron chi connectivity index (χ2n) is 8.78. The Labute approximate surface area is 222 Å². The van der Waals surface area contributed by atoms with Gasteiger partial charge >= 0.3 is 5.97 Å². The number of nitrogens with zero attached hydrogens (tertiary/aromatic N) is 3. The van der Waals surface area contributed by atoms with Crippen LogP contribution in [0.4, 0.5) is 10.7 Å². The molecule has 0 bridgehead atoms. The van der Waals surface area contributed by atoms with Crippen LogP contribution >= 0.6 is 22.7 Å². The van der Waals surface area contributed by atoms with E-state index in [4.69, 9.17) is 15.5 Å². The summed E-state index contributed by atoms with van der Waals surface area (Å²) >= 11 is 2.26. The van der Waals surface area contributed by atoms with E-state index in [-0.39, 0.29) is 12.2 Å². The number of ether oxygens (including phenoxy) is 1. The van der Waals surface area contributed by atoms with Gasteiger partial charge in [0.05, 0.1) is 17.9 Å². The van der Waals surface area contributed by atoms with Gasteiger partial charge in [-0.2, -0.15) is 5.26 Å². The van der Waals surface area contributed by atoms with Crippen LogP contribution in [0, 0.1) is 18.3 Å². The number of nitrogens with one attached hydrogen (secondary N) is 1. The lowest BCUT2D eigenvalue weighted by Crippen LogP contribution is -2.30. The summed E-state index contributed by atoms with van der Waals surface area (Å²) in [5, 5.41) is 13.5. The van der Waals surface area contributed by atoms with E-state index >= 15 is 0 Å². The van der Waals surface area contributed by atoms with E-state index in [9.17, 15) is 14.9 Å². The highest BCUT2D eigenvalue weighted by Gasteiger charge is 2.26. The predicted octanol–water partition coefficient (Wildman–Crippen LogP) is 5.11. The van der Waals surface area contributed by atoms with Crippen LogP contribution in [0.1, 0.15) is 54.2 Å². The molecule has 4 aromatic rings. The third kappa shape index (κ3) is 4.81. The van der Waals surface area contributed by atoms with E-state index in [1.165, 1.54) is 16.9 Å². The van der Waals surface area contributed by atoms with E-state index in [1.807, 2.05) is 24.3 Å². The van der Waals surface area contributed by atoms with Crippen LogP contribution in [-0.2, 0) is 24.2 Å². The second kappa shape index (κ2) is 10.3. The maximum atomic E-state index is 13.2. The molecule has 5 rings (SSSR count). The highest BCUT2D eigenvalue weighted by Crippen LogP contribution is 2.38. The van der Waals surface area contributed by atoms with Gasteiger partial charge in [-0.15, -0.1) is 22.7 Å². The summed E-state index contributed by atoms with van der Waals surface area (Å²) in [4.78, 5) is 34.1.